The second-order valence-corrected chi connectivity index (χ2v) is 16.4. The highest BCUT2D eigenvalue weighted by Gasteiger charge is 2.42. The van der Waals surface area contributed by atoms with Crippen molar-refractivity contribution in [3.05, 3.63) is 35.9 Å². The van der Waals surface area contributed by atoms with Crippen molar-refractivity contribution in [1.82, 2.24) is 9.80 Å². The summed E-state index contributed by atoms with van der Waals surface area (Å²) in [6, 6.07) is 8.67. The summed E-state index contributed by atoms with van der Waals surface area (Å²) >= 11 is 3.99. The summed E-state index contributed by atoms with van der Waals surface area (Å²) in [5, 5.41) is 0. The first-order chi connectivity index (χ1) is 27.1. The minimum Gasteiger partial charge on any atom is -0.465 e. The molecule has 0 amide bonds. The molecule has 0 aliphatic rings. The lowest BCUT2D eigenvalue weighted by Crippen LogP contribution is -2.43. The van der Waals surface area contributed by atoms with Crippen molar-refractivity contribution in [2.45, 2.75) is 41.2 Å². The number of nitrogens with zero attached hydrogens (tertiary/aromatic N) is 2. The highest BCUT2D eigenvalue weighted by Crippen LogP contribution is 2.25. The van der Waals surface area contributed by atoms with Crippen LogP contribution in [-0.4, -0.2) is 155 Å². The molecule has 2 unspecified atom stereocenters. The van der Waals surface area contributed by atoms with Crippen LogP contribution in [0.3, 0.4) is 0 Å². The van der Waals surface area contributed by atoms with E-state index >= 15 is 0 Å². The Bertz CT molecular complexity index is 1370. The SMILES string of the molecule is CC(=O)OCC(C)(COC(=O)OCC(C)(COC(=O)OCC(C)(COC(C)=O)C(=O)OCCI)C(=O)OCc1ccccc1)C(=O)OCCI.CN(C)CCN(C)C. The third-order valence-electron chi connectivity index (χ3n) is 7.53. The molecule has 0 aliphatic carbocycles. The molecule has 0 fully saturated rings. The van der Waals surface area contributed by atoms with E-state index < -0.39 is 98.0 Å². The van der Waals surface area contributed by atoms with Gasteiger partial charge in [-0.05, 0) is 54.5 Å². The Labute approximate surface area is 367 Å². The number of halogens is 2. The molecule has 0 bridgehead atoms. The van der Waals surface area contributed by atoms with Gasteiger partial charge in [-0.2, -0.15) is 0 Å². The second-order valence-electron chi connectivity index (χ2n) is 14.2. The van der Waals surface area contributed by atoms with Crippen molar-refractivity contribution in [3.63, 3.8) is 0 Å². The van der Waals surface area contributed by atoms with Crippen molar-refractivity contribution < 1.29 is 76.2 Å². The summed E-state index contributed by atoms with van der Waals surface area (Å²) < 4.78 is 47.1. The van der Waals surface area contributed by atoms with E-state index in [1.807, 2.05) is 45.2 Å². The first-order valence-electron chi connectivity index (χ1n) is 18.0. The maximum absolute atomic E-state index is 13.3. The Hall–Kier alpha value is -3.51. The summed E-state index contributed by atoms with van der Waals surface area (Å²) in [6.45, 7) is 5.01. The van der Waals surface area contributed by atoms with Gasteiger partial charge >= 0.3 is 42.2 Å². The molecule has 330 valence electrons. The molecule has 0 aromatic heterocycles. The van der Waals surface area contributed by atoms with Crippen LogP contribution in [0.15, 0.2) is 30.3 Å². The van der Waals surface area contributed by atoms with Gasteiger partial charge in [0.05, 0.1) is 0 Å². The predicted molar refractivity (Wildman–Crippen MR) is 225 cm³/mol. The number of carbonyl (C=O) groups is 7. The first kappa shape index (κ1) is 54.5. The third-order valence-corrected chi connectivity index (χ3v) is 8.41. The Morgan fingerprint density at radius 1 is 0.500 bits per heavy atom. The Balaban J connectivity index is 0.00000364. The van der Waals surface area contributed by atoms with Gasteiger partial charge in [-0.1, -0.05) is 75.5 Å². The molecule has 1 aromatic carbocycles. The Kier molecular flexibility index (Phi) is 27.1. The smallest absolute Gasteiger partial charge is 0.465 e. The number of rotatable bonds is 24. The zero-order valence-corrected chi connectivity index (χ0v) is 39.1. The summed E-state index contributed by atoms with van der Waals surface area (Å²) in [7, 11) is 8.35. The van der Waals surface area contributed by atoms with Crippen molar-refractivity contribution in [2.24, 2.45) is 16.2 Å². The quantitative estimate of drug-likeness (QED) is 0.0614. The van der Waals surface area contributed by atoms with Gasteiger partial charge in [0.2, 0.25) is 0 Å². The van der Waals surface area contributed by atoms with E-state index in [1.165, 1.54) is 20.8 Å². The Morgan fingerprint density at radius 3 is 1.10 bits per heavy atom. The first-order valence-corrected chi connectivity index (χ1v) is 21.0. The minimum atomic E-state index is -1.81. The van der Waals surface area contributed by atoms with Crippen LogP contribution in [0.2, 0.25) is 0 Å². The largest absolute Gasteiger partial charge is 0.508 e. The van der Waals surface area contributed by atoms with Gasteiger partial charge in [-0.25, -0.2) is 9.59 Å². The molecule has 0 N–H and O–H groups in total. The van der Waals surface area contributed by atoms with E-state index in [-0.39, 0.29) is 19.8 Å². The van der Waals surface area contributed by atoms with Crippen LogP contribution in [0.25, 0.3) is 0 Å². The van der Waals surface area contributed by atoms with E-state index in [9.17, 15) is 33.6 Å². The number of esters is 5. The normalized spacial score (nSPS) is 13.8. The highest BCUT2D eigenvalue weighted by molar-refractivity contribution is 14.1. The van der Waals surface area contributed by atoms with E-state index in [4.69, 9.17) is 42.6 Å². The second kappa shape index (κ2) is 28.8. The zero-order chi connectivity index (χ0) is 44.4. The molecule has 0 saturated heterocycles. The molecule has 20 heteroatoms. The number of hydrogen-bond donors (Lipinski definition) is 0. The average Bonchev–Trinajstić information content (AvgIpc) is 3.18. The van der Waals surface area contributed by atoms with Crippen LogP contribution in [0.1, 0.15) is 40.2 Å². The number of benzene rings is 1. The van der Waals surface area contributed by atoms with Crippen LogP contribution < -0.4 is 0 Å². The summed E-state index contributed by atoms with van der Waals surface area (Å²) in [5.41, 5.74) is -4.32. The molecular formula is C38H58I2N2O16. The van der Waals surface area contributed by atoms with Crippen molar-refractivity contribution in [3.8, 4) is 0 Å². The molecule has 18 nitrogen and oxygen atoms in total. The number of likely N-dealkylation sites (N-methyl/N-ethyl adjacent to an activating group) is 2. The molecule has 0 radical (unpaired) electrons. The van der Waals surface area contributed by atoms with Gasteiger partial charge in [0.25, 0.3) is 0 Å². The predicted octanol–water partition coefficient (Wildman–Crippen LogP) is 4.25. The monoisotopic (exact) mass is 1050 g/mol. The van der Waals surface area contributed by atoms with E-state index in [1.54, 1.807) is 30.3 Å². The van der Waals surface area contributed by atoms with E-state index in [2.05, 4.69) is 38.0 Å². The van der Waals surface area contributed by atoms with Crippen LogP contribution >= 0.6 is 45.2 Å². The fraction of sp³-hybridized carbons (Fsp3) is 0.658. The molecule has 0 saturated carbocycles. The number of ether oxygens (including phenoxy) is 9. The lowest BCUT2D eigenvalue weighted by Gasteiger charge is -2.28. The van der Waals surface area contributed by atoms with Crippen LogP contribution in [-0.2, 0) is 73.2 Å². The molecule has 0 heterocycles. The zero-order valence-electron chi connectivity index (χ0n) is 34.8. The van der Waals surface area contributed by atoms with Gasteiger partial charge in [-0.3, -0.25) is 24.0 Å². The van der Waals surface area contributed by atoms with Gasteiger partial charge in [0.1, 0.15) is 75.7 Å². The van der Waals surface area contributed by atoms with Crippen molar-refractivity contribution >= 4 is 87.3 Å². The van der Waals surface area contributed by atoms with Crippen LogP contribution in [0.4, 0.5) is 9.59 Å². The molecule has 0 aliphatic heterocycles. The number of hydrogen-bond acceptors (Lipinski definition) is 18. The number of alkyl halides is 2. The average molecular weight is 1050 g/mol. The maximum atomic E-state index is 13.3. The van der Waals surface area contributed by atoms with Gasteiger partial charge < -0.3 is 52.4 Å². The van der Waals surface area contributed by atoms with Crippen molar-refractivity contribution in [2.75, 3.05) is 103 Å². The molecule has 2 atom stereocenters. The minimum absolute atomic E-state index is 0.0689. The van der Waals surface area contributed by atoms with Gasteiger partial charge in [0, 0.05) is 35.8 Å². The fourth-order valence-electron chi connectivity index (χ4n) is 3.86. The summed E-state index contributed by atoms with van der Waals surface area (Å²) in [6.07, 6.45) is -2.62. The highest BCUT2D eigenvalue weighted by atomic mass is 127. The van der Waals surface area contributed by atoms with E-state index in [0.717, 1.165) is 26.9 Å². The Morgan fingerprint density at radius 2 is 0.810 bits per heavy atom. The van der Waals surface area contributed by atoms with E-state index in [0.29, 0.717) is 14.4 Å². The lowest BCUT2D eigenvalue weighted by molar-refractivity contribution is -0.166. The molecule has 0 spiro atoms. The van der Waals surface area contributed by atoms with Crippen molar-refractivity contribution in [1.29, 1.82) is 0 Å². The standard InChI is InChI=1S/C32H42I2O16.C6H16N2/c1-22(35)45-16-30(3,25(37)42-13-11-33)18-47-28(40)49-20-32(5,27(39)44-15-24-9-7-6-8-10-24)21-50-29(41)48-19-31(4,17-46-23(2)36)26(38)43-14-12-34;1-7(2)5-6-8(3)4/h6-10H,11-21H2,1-5H3;5-6H2,1-4H3. The number of carbonyl (C=O) groups excluding carboxylic acids is 7. The van der Waals surface area contributed by atoms with Crippen LogP contribution in [0.5, 0.6) is 0 Å². The van der Waals surface area contributed by atoms with Gasteiger partial charge in [0.15, 0.2) is 0 Å². The van der Waals surface area contributed by atoms with Crippen LogP contribution in [0, 0.1) is 16.2 Å². The topological polar surface area (TPSA) is 209 Å². The van der Waals surface area contributed by atoms with Gasteiger partial charge in [-0.15, -0.1) is 0 Å². The maximum Gasteiger partial charge on any atom is 0.508 e. The molecule has 58 heavy (non-hydrogen) atoms. The molecule has 1 rings (SSSR count). The molecular weight excluding hydrogens is 994 g/mol. The lowest BCUT2D eigenvalue weighted by atomic mass is 9.93. The molecule has 1 aromatic rings. The third kappa shape index (κ3) is 23.8. The summed E-state index contributed by atoms with van der Waals surface area (Å²) in [4.78, 5) is 90.9. The summed E-state index contributed by atoms with van der Waals surface area (Å²) in [5.74, 6) is -3.84. The fourth-order valence-corrected chi connectivity index (χ4v) is 4.31.